The van der Waals surface area contributed by atoms with E-state index in [1.165, 1.54) is 121 Å². The van der Waals surface area contributed by atoms with Crippen molar-refractivity contribution < 1.29 is 0 Å². The van der Waals surface area contributed by atoms with Gasteiger partial charge in [-0.3, -0.25) is 0 Å². The molecule has 12 rings (SSSR count). The molecule has 0 amide bonds. The van der Waals surface area contributed by atoms with Crippen molar-refractivity contribution in [3.8, 4) is 77.9 Å². The summed E-state index contributed by atoms with van der Waals surface area (Å²) in [6.45, 7) is 0. The lowest BCUT2D eigenvalue weighted by Gasteiger charge is -2.22. The van der Waals surface area contributed by atoms with Gasteiger partial charge in [0, 0.05) is 0 Å². The predicted molar refractivity (Wildman–Crippen MR) is 266 cm³/mol. The van der Waals surface area contributed by atoms with E-state index in [2.05, 4.69) is 243 Å². The summed E-state index contributed by atoms with van der Waals surface area (Å²) in [5.74, 6) is 0. The molecule has 0 unspecified atom stereocenters. The second-order valence-electron chi connectivity index (χ2n) is 16.3. The Hall–Kier alpha value is -8.06. The molecule has 0 aliphatic carbocycles. The Labute approximate surface area is 362 Å². The fourth-order valence-electron chi connectivity index (χ4n) is 9.93. The van der Waals surface area contributed by atoms with Crippen LogP contribution in [-0.4, -0.2) is 0 Å². The molecule has 0 N–H and O–H groups in total. The van der Waals surface area contributed by atoms with Gasteiger partial charge in [-0.05, 0) is 139 Å². The SMILES string of the molecule is c1ccc(-c2ccc(-c3ccccc3)c(-c3ccc4ccc5c(-c6cc(-c7ccccc7)ccc6-c6ccccc6)cc(-c6cccc7ccccc67)c6ccc3c4c56)c2)cc1. The maximum absolute atomic E-state index is 2.48. The summed E-state index contributed by atoms with van der Waals surface area (Å²) in [7, 11) is 0. The zero-order valence-electron chi connectivity index (χ0n) is 34.1. The Balaban J connectivity index is 1.21. The third-order valence-corrected chi connectivity index (χ3v) is 12.9. The van der Waals surface area contributed by atoms with E-state index in [-0.39, 0.29) is 0 Å². The average Bonchev–Trinajstić information content (AvgIpc) is 3.36. The minimum absolute atomic E-state index is 1.20. The number of fused-ring (bicyclic) bond motifs is 1. The minimum atomic E-state index is 1.20. The highest BCUT2D eigenvalue weighted by atomic mass is 14.3. The second kappa shape index (κ2) is 14.9. The van der Waals surface area contributed by atoms with Gasteiger partial charge in [-0.25, -0.2) is 0 Å². The highest BCUT2D eigenvalue weighted by molar-refractivity contribution is 6.31. The van der Waals surface area contributed by atoms with Gasteiger partial charge >= 0.3 is 0 Å². The van der Waals surface area contributed by atoms with E-state index in [0.717, 1.165) is 0 Å². The Morgan fingerprint density at radius 3 is 1.18 bits per heavy atom. The molecule has 0 radical (unpaired) electrons. The summed E-state index contributed by atoms with van der Waals surface area (Å²) < 4.78 is 0. The minimum Gasteiger partial charge on any atom is -0.0622 e. The summed E-state index contributed by atoms with van der Waals surface area (Å²) in [4.78, 5) is 0. The molecule has 0 saturated carbocycles. The third kappa shape index (κ3) is 5.99. The number of hydrogen-bond donors (Lipinski definition) is 0. The number of hydrogen-bond acceptors (Lipinski definition) is 0. The summed E-state index contributed by atoms with van der Waals surface area (Å²) in [6.07, 6.45) is 0. The van der Waals surface area contributed by atoms with Crippen LogP contribution in [-0.2, 0) is 0 Å². The lowest BCUT2D eigenvalue weighted by atomic mass is 9.81. The maximum atomic E-state index is 2.48. The Morgan fingerprint density at radius 2 is 0.581 bits per heavy atom. The lowest BCUT2D eigenvalue weighted by Crippen LogP contribution is -1.95. The molecule has 0 spiro atoms. The van der Waals surface area contributed by atoms with Crippen LogP contribution in [0.4, 0.5) is 0 Å². The molecule has 288 valence electrons. The topological polar surface area (TPSA) is 0 Å². The van der Waals surface area contributed by atoms with Gasteiger partial charge in [0.1, 0.15) is 0 Å². The normalized spacial score (nSPS) is 11.5. The summed E-state index contributed by atoms with van der Waals surface area (Å²) >= 11 is 0. The summed E-state index contributed by atoms with van der Waals surface area (Å²) in [5, 5.41) is 10.1. The molecule has 12 aromatic rings. The second-order valence-corrected chi connectivity index (χ2v) is 16.3. The zero-order valence-corrected chi connectivity index (χ0v) is 34.1. The van der Waals surface area contributed by atoms with E-state index >= 15 is 0 Å². The third-order valence-electron chi connectivity index (χ3n) is 12.9. The van der Waals surface area contributed by atoms with Gasteiger partial charge in [0.2, 0.25) is 0 Å². The van der Waals surface area contributed by atoms with Crippen LogP contribution in [0.25, 0.3) is 121 Å². The van der Waals surface area contributed by atoms with Crippen molar-refractivity contribution in [1.29, 1.82) is 0 Å². The highest BCUT2D eigenvalue weighted by Gasteiger charge is 2.22. The van der Waals surface area contributed by atoms with Crippen LogP contribution in [0.15, 0.2) is 243 Å². The van der Waals surface area contributed by atoms with E-state index in [0.29, 0.717) is 0 Å². The van der Waals surface area contributed by atoms with Crippen LogP contribution in [0, 0.1) is 0 Å². The van der Waals surface area contributed by atoms with Crippen molar-refractivity contribution in [2.45, 2.75) is 0 Å². The molecule has 0 saturated heterocycles. The van der Waals surface area contributed by atoms with Crippen molar-refractivity contribution in [2.24, 2.45) is 0 Å². The number of benzene rings is 12. The van der Waals surface area contributed by atoms with Gasteiger partial charge < -0.3 is 0 Å². The highest BCUT2D eigenvalue weighted by Crippen LogP contribution is 2.50. The largest absolute Gasteiger partial charge is 0.0622 e. The van der Waals surface area contributed by atoms with Gasteiger partial charge in [0.15, 0.2) is 0 Å². The van der Waals surface area contributed by atoms with Gasteiger partial charge in [-0.2, -0.15) is 0 Å². The van der Waals surface area contributed by atoms with E-state index in [1.54, 1.807) is 0 Å². The molecule has 0 heteroatoms. The van der Waals surface area contributed by atoms with Gasteiger partial charge in [-0.15, -0.1) is 0 Å². The fraction of sp³-hybridized carbons (Fsp3) is 0. The van der Waals surface area contributed by atoms with Crippen molar-refractivity contribution in [1.82, 2.24) is 0 Å². The van der Waals surface area contributed by atoms with E-state index in [9.17, 15) is 0 Å². The van der Waals surface area contributed by atoms with E-state index < -0.39 is 0 Å². The molecule has 0 aliphatic heterocycles. The standard InChI is InChI=1S/C62H40/c1-5-16-41(17-6-1)47-30-32-50(43-20-9-3-10-21-43)57(38-47)53-34-28-46-29-35-55-60(58-39-48(42-18-7-2-8-19-42)31-33-51(58)44-22-11-4-12-23-44)40-59(56-37-36-54(53)61(46)62(55)56)52-27-15-25-45-24-13-14-26-49(45)52/h1-40H. The predicted octanol–water partition coefficient (Wildman–Crippen LogP) is 17.4. The van der Waals surface area contributed by atoms with Crippen molar-refractivity contribution in [3.63, 3.8) is 0 Å². The van der Waals surface area contributed by atoms with Gasteiger partial charge in [0.05, 0.1) is 0 Å². The monoisotopic (exact) mass is 784 g/mol. The van der Waals surface area contributed by atoms with Crippen LogP contribution in [0.2, 0.25) is 0 Å². The molecule has 0 heterocycles. The van der Waals surface area contributed by atoms with Crippen LogP contribution in [0.1, 0.15) is 0 Å². The lowest BCUT2D eigenvalue weighted by molar-refractivity contribution is 1.57. The molecular formula is C62H40. The van der Waals surface area contributed by atoms with Crippen molar-refractivity contribution in [2.75, 3.05) is 0 Å². The molecule has 0 aromatic heterocycles. The van der Waals surface area contributed by atoms with Crippen molar-refractivity contribution >= 4 is 43.1 Å². The molecule has 0 aliphatic rings. The summed E-state index contributed by atoms with van der Waals surface area (Å²) in [5.41, 5.74) is 17.1. The van der Waals surface area contributed by atoms with Crippen molar-refractivity contribution in [3.05, 3.63) is 243 Å². The Morgan fingerprint density at radius 1 is 0.161 bits per heavy atom. The summed E-state index contributed by atoms with van der Waals surface area (Å²) in [6, 6.07) is 89.5. The van der Waals surface area contributed by atoms with Crippen LogP contribution >= 0.6 is 0 Å². The van der Waals surface area contributed by atoms with E-state index in [1.807, 2.05) is 0 Å². The first-order valence-electron chi connectivity index (χ1n) is 21.5. The molecule has 0 bridgehead atoms. The smallest absolute Gasteiger partial charge is 0.00141 e. The first-order valence-corrected chi connectivity index (χ1v) is 21.5. The fourth-order valence-corrected chi connectivity index (χ4v) is 9.93. The van der Waals surface area contributed by atoms with Crippen LogP contribution in [0.3, 0.4) is 0 Å². The molecule has 0 nitrogen and oxygen atoms in total. The Bertz CT molecular complexity index is 3580. The molecule has 62 heavy (non-hydrogen) atoms. The molecule has 0 atom stereocenters. The first-order chi connectivity index (χ1) is 30.8. The van der Waals surface area contributed by atoms with E-state index in [4.69, 9.17) is 0 Å². The molecule has 0 fully saturated rings. The number of rotatable bonds is 7. The Kier molecular flexibility index (Phi) is 8.61. The molecule has 12 aromatic carbocycles. The quantitative estimate of drug-likeness (QED) is 0.141. The first kappa shape index (κ1) is 35.8. The van der Waals surface area contributed by atoms with Gasteiger partial charge in [0.25, 0.3) is 0 Å². The van der Waals surface area contributed by atoms with Crippen LogP contribution in [0.5, 0.6) is 0 Å². The van der Waals surface area contributed by atoms with Gasteiger partial charge in [-0.1, -0.05) is 224 Å². The molecular weight excluding hydrogens is 745 g/mol. The average molecular weight is 785 g/mol. The van der Waals surface area contributed by atoms with Crippen LogP contribution < -0.4 is 0 Å². The zero-order chi connectivity index (χ0) is 41.0. The maximum Gasteiger partial charge on any atom is -0.00141 e.